The standard InChI is InChI=1S/C18H19NO5/c1-10(20)24-18-12-7-8-13-15(14(12)9-23-18)17(22)19(16(13)21)11-5-3-2-4-6-11/h2-6,12-15,18H,7-9H2,1H3/t12-,13+,14-,15+,18+/m0/s1. The number of benzene rings is 1. The van der Waals surface area contributed by atoms with Crippen LogP contribution in [0.15, 0.2) is 30.3 Å². The zero-order chi connectivity index (χ0) is 16.8. The van der Waals surface area contributed by atoms with Crippen molar-refractivity contribution in [1.29, 1.82) is 0 Å². The van der Waals surface area contributed by atoms with Gasteiger partial charge in [0, 0.05) is 18.8 Å². The molecule has 0 aromatic heterocycles. The first-order chi connectivity index (χ1) is 11.6. The quantitative estimate of drug-likeness (QED) is 0.610. The Morgan fingerprint density at radius 3 is 2.58 bits per heavy atom. The van der Waals surface area contributed by atoms with Crippen molar-refractivity contribution < 1.29 is 23.9 Å². The topological polar surface area (TPSA) is 72.9 Å². The summed E-state index contributed by atoms with van der Waals surface area (Å²) in [7, 11) is 0. The van der Waals surface area contributed by atoms with Crippen molar-refractivity contribution >= 4 is 23.5 Å². The number of esters is 1. The molecule has 0 unspecified atom stereocenters. The maximum Gasteiger partial charge on any atom is 0.304 e. The Hall–Kier alpha value is -2.21. The SMILES string of the molecule is CC(=O)O[C@H]1OC[C@H]2[C@@H]1CC[C@H]1C(=O)N(c3ccccc3)C(=O)[C@@H]21. The first-order valence-electron chi connectivity index (χ1n) is 8.29. The van der Waals surface area contributed by atoms with Crippen LogP contribution in [0.4, 0.5) is 5.69 Å². The second-order valence-electron chi connectivity index (χ2n) is 6.70. The maximum absolute atomic E-state index is 13.0. The third kappa shape index (κ3) is 2.24. The van der Waals surface area contributed by atoms with E-state index >= 15 is 0 Å². The van der Waals surface area contributed by atoms with E-state index in [9.17, 15) is 14.4 Å². The molecule has 2 saturated heterocycles. The van der Waals surface area contributed by atoms with Crippen LogP contribution in [0.2, 0.25) is 0 Å². The van der Waals surface area contributed by atoms with Crippen LogP contribution in [0, 0.1) is 23.7 Å². The van der Waals surface area contributed by atoms with Crippen LogP contribution in [0.3, 0.4) is 0 Å². The molecular formula is C18H19NO5. The molecule has 5 atom stereocenters. The van der Waals surface area contributed by atoms with E-state index in [-0.39, 0.29) is 41.5 Å². The molecule has 0 bridgehead atoms. The van der Waals surface area contributed by atoms with Crippen LogP contribution in [0.25, 0.3) is 0 Å². The van der Waals surface area contributed by atoms with E-state index in [0.717, 1.165) is 6.42 Å². The van der Waals surface area contributed by atoms with Crippen molar-refractivity contribution in [3.8, 4) is 0 Å². The smallest absolute Gasteiger partial charge is 0.304 e. The molecule has 24 heavy (non-hydrogen) atoms. The molecule has 3 fully saturated rings. The highest BCUT2D eigenvalue weighted by Crippen LogP contribution is 2.50. The van der Waals surface area contributed by atoms with Crippen molar-refractivity contribution in [1.82, 2.24) is 0 Å². The van der Waals surface area contributed by atoms with E-state index in [1.165, 1.54) is 11.8 Å². The Bertz CT molecular complexity index is 688. The lowest BCUT2D eigenvalue weighted by Crippen LogP contribution is -2.39. The van der Waals surface area contributed by atoms with Crippen LogP contribution in [-0.2, 0) is 23.9 Å². The van der Waals surface area contributed by atoms with Crippen LogP contribution in [0.1, 0.15) is 19.8 Å². The number of anilines is 1. The molecule has 6 heteroatoms. The molecule has 4 rings (SSSR count). The zero-order valence-corrected chi connectivity index (χ0v) is 13.4. The highest BCUT2D eigenvalue weighted by Gasteiger charge is 2.59. The van der Waals surface area contributed by atoms with E-state index in [0.29, 0.717) is 18.7 Å². The monoisotopic (exact) mass is 329 g/mol. The minimum absolute atomic E-state index is 0.0115. The second kappa shape index (κ2) is 5.70. The summed E-state index contributed by atoms with van der Waals surface area (Å²) in [6, 6.07) is 9.03. The van der Waals surface area contributed by atoms with E-state index in [1.54, 1.807) is 12.1 Å². The summed E-state index contributed by atoms with van der Waals surface area (Å²) in [6.07, 6.45) is 0.758. The Balaban J connectivity index is 1.61. The van der Waals surface area contributed by atoms with Gasteiger partial charge in [-0.25, -0.2) is 0 Å². The fourth-order valence-corrected chi connectivity index (χ4v) is 4.40. The van der Waals surface area contributed by atoms with E-state index in [2.05, 4.69) is 0 Å². The lowest BCUT2D eigenvalue weighted by atomic mass is 9.68. The summed E-state index contributed by atoms with van der Waals surface area (Å²) in [5, 5.41) is 0. The molecule has 1 saturated carbocycles. The Morgan fingerprint density at radius 2 is 1.88 bits per heavy atom. The summed E-state index contributed by atoms with van der Waals surface area (Å²) < 4.78 is 10.9. The zero-order valence-electron chi connectivity index (χ0n) is 13.4. The number of amides is 2. The average Bonchev–Trinajstić information content (AvgIpc) is 3.07. The lowest BCUT2D eigenvalue weighted by Gasteiger charge is -2.32. The minimum Gasteiger partial charge on any atom is -0.436 e. The highest BCUT2D eigenvalue weighted by atomic mass is 16.7. The molecule has 6 nitrogen and oxygen atoms in total. The summed E-state index contributed by atoms with van der Waals surface area (Å²) in [5.74, 6) is -1.41. The molecule has 1 aromatic rings. The molecule has 0 spiro atoms. The molecule has 3 aliphatic rings. The second-order valence-corrected chi connectivity index (χ2v) is 6.70. The van der Waals surface area contributed by atoms with Gasteiger partial charge in [-0.05, 0) is 25.0 Å². The Kier molecular flexibility index (Phi) is 3.64. The van der Waals surface area contributed by atoms with Gasteiger partial charge < -0.3 is 9.47 Å². The Labute approximate surface area is 139 Å². The van der Waals surface area contributed by atoms with Crippen molar-refractivity contribution in [2.75, 3.05) is 11.5 Å². The highest BCUT2D eigenvalue weighted by molar-refractivity contribution is 6.22. The normalized spacial score (nSPS) is 34.9. The number of fused-ring (bicyclic) bond motifs is 3. The number of rotatable bonds is 2. The van der Waals surface area contributed by atoms with E-state index in [1.807, 2.05) is 18.2 Å². The van der Waals surface area contributed by atoms with Gasteiger partial charge in [0.15, 0.2) is 0 Å². The molecule has 2 heterocycles. The third-order valence-corrected chi connectivity index (χ3v) is 5.40. The van der Waals surface area contributed by atoms with Crippen molar-refractivity contribution in [2.45, 2.75) is 26.1 Å². The largest absolute Gasteiger partial charge is 0.436 e. The number of carbonyl (C=O) groups excluding carboxylic acids is 3. The van der Waals surface area contributed by atoms with Crippen LogP contribution < -0.4 is 4.90 Å². The van der Waals surface area contributed by atoms with E-state index in [4.69, 9.17) is 9.47 Å². The fraction of sp³-hybridized carbons (Fsp3) is 0.500. The summed E-state index contributed by atoms with van der Waals surface area (Å²) >= 11 is 0. The lowest BCUT2D eigenvalue weighted by molar-refractivity contribution is -0.174. The van der Waals surface area contributed by atoms with Gasteiger partial charge >= 0.3 is 5.97 Å². The number of ether oxygens (including phenoxy) is 2. The number of nitrogens with zero attached hydrogens (tertiary/aromatic N) is 1. The van der Waals surface area contributed by atoms with Gasteiger partial charge in [-0.1, -0.05) is 18.2 Å². The number of para-hydroxylation sites is 1. The van der Waals surface area contributed by atoms with Crippen molar-refractivity contribution in [3.63, 3.8) is 0 Å². The summed E-state index contributed by atoms with van der Waals surface area (Å²) in [4.78, 5) is 38.3. The molecule has 0 radical (unpaired) electrons. The molecule has 2 amide bonds. The average molecular weight is 329 g/mol. The molecule has 0 N–H and O–H groups in total. The molecule has 2 aliphatic heterocycles. The summed E-state index contributed by atoms with van der Waals surface area (Å²) in [6.45, 7) is 1.70. The van der Waals surface area contributed by atoms with E-state index < -0.39 is 6.29 Å². The van der Waals surface area contributed by atoms with Gasteiger partial charge in [0.1, 0.15) is 0 Å². The van der Waals surface area contributed by atoms with Crippen LogP contribution in [0.5, 0.6) is 0 Å². The molecule has 1 aromatic carbocycles. The van der Waals surface area contributed by atoms with Gasteiger partial charge in [-0.3, -0.25) is 19.3 Å². The van der Waals surface area contributed by atoms with Gasteiger partial charge in [0.05, 0.1) is 24.1 Å². The summed E-state index contributed by atoms with van der Waals surface area (Å²) in [5.41, 5.74) is 0.619. The van der Waals surface area contributed by atoms with Crippen molar-refractivity contribution in [3.05, 3.63) is 30.3 Å². The first kappa shape index (κ1) is 15.3. The maximum atomic E-state index is 13.0. The number of hydrogen-bond donors (Lipinski definition) is 0. The van der Waals surface area contributed by atoms with Gasteiger partial charge in [-0.2, -0.15) is 0 Å². The minimum atomic E-state index is -0.595. The van der Waals surface area contributed by atoms with Gasteiger partial charge in [0.2, 0.25) is 18.1 Å². The van der Waals surface area contributed by atoms with Crippen molar-refractivity contribution in [2.24, 2.45) is 23.7 Å². The molecule has 1 aliphatic carbocycles. The van der Waals surface area contributed by atoms with Crippen LogP contribution >= 0.6 is 0 Å². The van der Waals surface area contributed by atoms with Gasteiger partial charge in [-0.15, -0.1) is 0 Å². The van der Waals surface area contributed by atoms with Gasteiger partial charge in [0.25, 0.3) is 0 Å². The van der Waals surface area contributed by atoms with Crippen LogP contribution in [-0.4, -0.2) is 30.7 Å². The molecular weight excluding hydrogens is 310 g/mol. The third-order valence-electron chi connectivity index (χ3n) is 5.40. The first-order valence-corrected chi connectivity index (χ1v) is 8.29. The number of imide groups is 1. The predicted molar refractivity (Wildman–Crippen MR) is 83.6 cm³/mol. The number of hydrogen-bond acceptors (Lipinski definition) is 5. The predicted octanol–water partition coefficient (Wildman–Crippen LogP) is 1.74. The number of carbonyl (C=O) groups is 3. The Morgan fingerprint density at radius 1 is 1.12 bits per heavy atom. The fourth-order valence-electron chi connectivity index (χ4n) is 4.40. The molecule has 126 valence electrons.